The minimum absolute atomic E-state index is 0.00927. The summed E-state index contributed by atoms with van der Waals surface area (Å²) in [5, 5.41) is 11.7. The Morgan fingerprint density at radius 2 is 1.86 bits per heavy atom. The van der Waals surface area contributed by atoms with Gasteiger partial charge in [0, 0.05) is 9.13 Å². The quantitative estimate of drug-likeness (QED) is 0.774. The summed E-state index contributed by atoms with van der Waals surface area (Å²) in [6.07, 6.45) is 0. The van der Waals surface area contributed by atoms with Crippen molar-refractivity contribution in [2.75, 3.05) is 5.32 Å². The summed E-state index contributed by atoms with van der Waals surface area (Å²) in [5.41, 5.74) is 0.993. The number of hydrogen-bond donors (Lipinski definition) is 2. The first kappa shape index (κ1) is 15.4. The zero-order valence-electron chi connectivity index (χ0n) is 11.0. The highest BCUT2D eigenvalue weighted by molar-refractivity contribution is 14.1. The molecule has 108 valence electrons. The van der Waals surface area contributed by atoms with Crippen molar-refractivity contribution in [1.29, 1.82) is 0 Å². The number of aryl methyl sites for hydroxylation is 1. The molecule has 2 rings (SSSR count). The number of carboxylic acid groups (broad SMARTS) is 1. The number of hydrogen-bond acceptors (Lipinski definition) is 2. The fraction of sp³-hybridized carbons (Fsp3) is 0.0667. The zero-order chi connectivity index (χ0) is 15.6. The highest BCUT2D eigenvalue weighted by Gasteiger charge is 2.15. The number of benzene rings is 2. The molecule has 0 unspecified atom stereocenters. The molecule has 0 fully saturated rings. The molecule has 0 aromatic heterocycles. The molecule has 2 aromatic rings. The summed E-state index contributed by atoms with van der Waals surface area (Å²) in [6, 6.07) is 8.50. The number of aromatic carboxylic acids is 1. The predicted octanol–water partition coefficient (Wildman–Crippen LogP) is 3.69. The minimum atomic E-state index is -1.13. The fourth-order valence-corrected chi connectivity index (χ4v) is 2.37. The Kier molecular flexibility index (Phi) is 4.56. The Morgan fingerprint density at radius 1 is 1.14 bits per heavy atom. The first-order valence-corrected chi connectivity index (χ1v) is 7.06. The molecule has 21 heavy (non-hydrogen) atoms. The second-order valence-corrected chi connectivity index (χ2v) is 5.65. The van der Waals surface area contributed by atoms with Crippen molar-refractivity contribution in [3.05, 3.63) is 62.5 Å². The Morgan fingerprint density at radius 3 is 2.48 bits per heavy atom. The van der Waals surface area contributed by atoms with Crippen molar-refractivity contribution >= 4 is 40.2 Å². The summed E-state index contributed by atoms with van der Waals surface area (Å²) >= 11 is 1.99. The van der Waals surface area contributed by atoms with Crippen LogP contribution in [0.15, 0.2) is 36.4 Å². The molecule has 0 heterocycles. The van der Waals surface area contributed by atoms with E-state index in [9.17, 15) is 14.0 Å². The molecule has 0 saturated heterocycles. The predicted molar refractivity (Wildman–Crippen MR) is 85.2 cm³/mol. The second kappa shape index (κ2) is 6.21. The smallest absolute Gasteiger partial charge is 0.337 e. The number of anilines is 1. The highest BCUT2D eigenvalue weighted by atomic mass is 127. The molecule has 4 nitrogen and oxygen atoms in total. The maximum Gasteiger partial charge on any atom is 0.337 e. The third-order valence-corrected chi connectivity index (χ3v) is 3.56. The molecule has 0 spiro atoms. The Balaban J connectivity index is 2.34. The van der Waals surface area contributed by atoms with Crippen molar-refractivity contribution in [3.63, 3.8) is 0 Å². The Bertz CT molecular complexity index is 731. The highest BCUT2D eigenvalue weighted by Crippen LogP contribution is 2.20. The van der Waals surface area contributed by atoms with E-state index in [1.54, 1.807) is 13.0 Å². The molecule has 2 aromatic carbocycles. The van der Waals surface area contributed by atoms with E-state index >= 15 is 0 Å². The van der Waals surface area contributed by atoms with Gasteiger partial charge in [-0.1, -0.05) is 0 Å². The van der Waals surface area contributed by atoms with Gasteiger partial charge in [-0.2, -0.15) is 0 Å². The molecular formula is C15H11FINO3. The Labute approximate surface area is 134 Å². The number of rotatable bonds is 3. The number of carbonyl (C=O) groups excluding carboxylic acids is 1. The van der Waals surface area contributed by atoms with Crippen LogP contribution in [0.3, 0.4) is 0 Å². The van der Waals surface area contributed by atoms with Crippen LogP contribution in [0, 0.1) is 16.3 Å². The third-order valence-electron chi connectivity index (χ3n) is 2.89. The largest absolute Gasteiger partial charge is 0.478 e. The monoisotopic (exact) mass is 399 g/mol. The summed E-state index contributed by atoms with van der Waals surface area (Å²) in [5.74, 6) is -2.03. The van der Waals surface area contributed by atoms with Crippen LogP contribution >= 0.6 is 22.6 Å². The van der Waals surface area contributed by atoms with Gasteiger partial charge in [-0.3, -0.25) is 4.79 Å². The van der Waals surface area contributed by atoms with Gasteiger partial charge in [0.25, 0.3) is 5.91 Å². The molecule has 0 bridgehead atoms. The average molecular weight is 399 g/mol. The number of halogens is 2. The molecule has 2 N–H and O–H groups in total. The molecule has 0 aliphatic carbocycles. The van der Waals surface area contributed by atoms with Crippen LogP contribution in [0.4, 0.5) is 10.1 Å². The van der Waals surface area contributed by atoms with Gasteiger partial charge in [-0.05, 0) is 71.5 Å². The van der Waals surface area contributed by atoms with Gasteiger partial charge in [-0.15, -0.1) is 0 Å². The van der Waals surface area contributed by atoms with E-state index in [-0.39, 0.29) is 11.3 Å². The average Bonchev–Trinajstić information content (AvgIpc) is 2.40. The van der Waals surface area contributed by atoms with Crippen molar-refractivity contribution in [3.8, 4) is 0 Å². The number of nitrogens with one attached hydrogen (secondary N) is 1. The second-order valence-electron chi connectivity index (χ2n) is 4.41. The van der Waals surface area contributed by atoms with E-state index in [0.29, 0.717) is 11.1 Å². The molecule has 0 aliphatic rings. The van der Waals surface area contributed by atoms with Crippen molar-refractivity contribution in [2.45, 2.75) is 6.92 Å². The molecule has 1 amide bonds. The topological polar surface area (TPSA) is 66.4 Å². The van der Waals surface area contributed by atoms with E-state index < -0.39 is 17.7 Å². The molecule has 0 atom stereocenters. The van der Waals surface area contributed by atoms with E-state index in [2.05, 4.69) is 5.32 Å². The first-order valence-electron chi connectivity index (χ1n) is 5.99. The molecule has 0 saturated carbocycles. The van der Waals surface area contributed by atoms with Crippen LogP contribution in [0.2, 0.25) is 0 Å². The lowest BCUT2D eigenvalue weighted by Gasteiger charge is -2.10. The zero-order valence-corrected chi connectivity index (χ0v) is 13.1. The normalized spacial score (nSPS) is 10.2. The summed E-state index contributed by atoms with van der Waals surface area (Å²) < 4.78 is 13.8. The molecule has 0 aliphatic heterocycles. The van der Waals surface area contributed by atoms with Crippen LogP contribution in [0.25, 0.3) is 0 Å². The van der Waals surface area contributed by atoms with Gasteiger partial charge in [0.2, 0.25) is 0 Å². The standard InChI is InChI=1S/C15H11FINO3/c1-8-6-9(16)2-4-11(8)14(19)18-13-5-3-10(17)7-12(13)15(20)21/h2-7H,1H3,(H,18,19)(H,20,21). The first-order chi connectivity index (χ1) is 9.88. The minimum Gasteiger partial charge on any atom is -0.478 e. The van der Waals surface area contributed by atoms with Crippen LogP contribution in [0.1, 0.15) is 26.3 Å². The number of amides is 1. The Hall–Kier alpha value is -1.96. The molecular weight excluding hydrogens is 388 g/mol. The van der Waals surface area contributed by atoms with Gasteiger partial charge in [0.05, 0.1) is 11.3 Å². The van der Waals surface area contributed by atoms with Crippen LogP contribution < -0.4 is 5.32 Å². The van der Waals surface area contributed by atoms with Crippen LogP contribution in [-0.2, 0) is 0 Å². The summed E-state index contributed by atoms with van der Waals surface area (Å²) in [7, 11) is 0. The van der Waals surface area contributed by atoms with Crippen LogP contribution in [0.5, 0.6) is 0 Å². The lowest BCUT2D eigenvalue weighted by Crippen LogP contribution is -2.16. The fourth-order valence-electron chi connectivity index (χ4n) is 1.87. The number of carboxylic acids is 1. The summed E-state index contributed by atoms with van der Waals surface area (Å²) in [4.78, 5) is 23.4. The van der Waals surface area contributed by atoms with Gasteiger partial charge < -0.3 is 10.4 Å². The lowest BCUT2D eigenvalue weighted by molar-refractivity contribution is 0.0698. The van der Waals surface area contributed by atoms with Gasteiger partial charge in [0.1, 0.15) is 5.82 Å². The van der Waals surface area contributed by atoms with Crippen LogP contribution in [-0.4, -0.2) is 17.0 Å². The van der Waals surface area contributed by atoms with Gasteiger partial charge in [-0.25, -0.2) is 9.18 Å². The van der Waals surface area contributed by atoms with Gasteiger partial charge >= 0.3 is 5.97 Å². The van der Waals surface area contributed by atoms with E-state index in [1.165, 1.54) is 30.3 Å². The SMILES string of the molecule is Cc1cc(F)ccc1C(=O)Nc1ccc(I)cc1C(=O)O. The maximum atomic E-state index is 13.0. The molecule has 6 heteroatoms. The van der Waals surface area contributed by atoms with E-state index in [4.69, 9.17) is 5.11 Å². The van der Waals surface area contributed by atoms with E-state index in [0.717, 1.165) is 3.57 Å². The third kappa shape index (κ3) is 3.57. The van der Waals surface area contributed by atoms with E-state index in [1.807, 2.05) is 22.6 Å². The maximum absolute atomic E-state index is 13.0. The van der Waals surface area contributed by atoms with Crippen molar-refractivity contribution < 1.29 is 19.1 Å². The van der Waals surface area contributed by atoms with Crippen molar-refractivity contribution in [1.82, 2.24) is 0 Å². The summed E-state index contributed by atoms with van der Waals surface area (Å²) in [6.45, 7) is 1.62. The van der Waals surface area contributed by atoms with Gasteiger partial charge in [0.15, 0.2) is 0 Å². The van der Waals surface area contributed by atoms with Crippen molar-refractivity contribution in [2.24, 2.45) is 0 Å². The lowest BCUT2D eigenvalue weighted by atomic mass is 10.1. The molecule has 0 radical (unpaired) electrons. The number of carbonyl (C=O) groups is 2.